The van der Waals surface area contributed by atoms with Gasteiger partial charge in [0.1, 0.15) is 13.0 Å². The standard InChI is InChI=1S/C6H5F3O4/c7-6(8,9)1-3(10)4-2-12-5(11)13-4/h4H,1-2H2. The molecule has 7 heteroatoms. The van der Waals surface area contributed by atoms with Crippen LogP contribution in [0.1, 0.15) is 6.42 Å². The van der Waals surface area contributed by atoms with Crippen LogP contribution in [0.5, 0.6) is 0 Å². The van der Waals surface area contributed by atoms with Crippen molar-refractivity contribution in [3.63, 3.8) is 0 Å². The van der Waals surface area contributed by atoms with E-state index in [9.17, 15) is 22.8 Å². The van der Waals surface area contributed by atoms with Crippen molar-refractivity contribution in [2.24, 2.45) is 0 Å². The molecular weight excluding hydrogens is 193 g/mol. The van der Waals surface area contributed by atoms with Crippen molar-refractivity contribution in [2.45, 2.75) is 18.7 Å². The molecule has 1 heterocycles. The number of ketones is 1. The van der Waals surface area contributed by atoms with Crippen LogP contribution in [-0.2, 0) is 14.3 Å². The lowest BCUT2D eigenvalue weighted by atomic mass is 10.2. The lowest BCUT2D eigenvalue weighted by molar-refractivity contribution is -0.156. The molecule has 0 bridgehead atoms. The lowest BCUT2D eigenvalue weighted by Crippen LogP contribution is -2.28. The van der Waals surface area contributed by atoms with E-state index in [1.165, 1.54) is 0 Å². The highest BCUT2D eigenvalue weighted by atomic mass is 19.4. The quantitative estimate of drug-likeness (QED) is 0.622. The van der Waals surface area contributed by atoms with E-state index in [0.717, 1.165) is 0 Å². The van der Waals surface area contributed by atoms with Crippen molar-refractivity contribution >= 4 is 11.9 Å². The fraction of sp³-hybridized carbons (Fsp3) is 0.667. The van der Waals surface area contributed by atoms with Gasteiger partial charge in [-0.25, -0.2) is 4.79 Å². The number of hydrogen-bond acceptors (Lipinski definition) is 4. The highest BCUT2D eigenvalue weighted by molar-refractivity contribution is 5.86. The summed E-state index contributed by atoms with van der Waals surface area (Å²) in [5.41, 5.74) is 0. The van der Waals surface area contributed by atoms with E-state index in [1.807, 2.05) is 0 Å². The Morgan fingerprint density at radius 2 is 2.15 bits per heavy atom. The molecule has 1 rings (SSSR count). The minimum atomic E-state index is -4.58. The van der Waals surface area contributed by atoms with Gasteiger partial charge >= 0.3 is 12.3 Å². The van der Waals surface area contributed by atoms with Crippen molar-refractivity contribution in [1.82, 2.24) is 0 Å². The molecule has 1 saturated heterocycles. The van der Waals surface area contributed by atoms with Gasteiger partial charge in [0.25, 0.3) is 0 Å². The molecule has 1 aliphatic heterocycles. The summed E-state index contributed by atoms with van der Waals surface area (Å²) in [5.74, 6) is -1.20. The van der Waals surface area contributed by atoms with Crippen LogP contribution < -0.4 is 0 Å². The first-order chi connectivity index (χ1) is 5.88. The van der Waals surface area contributed by atoms with Crippen LogP contribution in [0.2, 0.25) is 0 Å². The van der Waals surface area contributed by atoms with E-state index in [0.29, 0.717) is 0 Å². The monoisotopic (exact) mass is 198 g/mol. The average molecular weight is 198 g/mol. The minimum Gasteiger partial charge on any atom is -0.430 e. The number of halogens is 3. The van der Waals surface area contributed by atoms with Crippen LogP contribution in [0.25, 0.3) is 0 Å². The zero-order valence-electron chi connectivity index (χ0n) is 6.26. The van der Waals surface area contributed by atoms with Crippen molar-refractivity contribution in [1.29, 1.82) is 0 Å². The molecular formula is C6H5F3O4. The second-order valence-corrected chi connectivity index (χ2v) is 2.43. The molecule has 1 aliphatic rings. The molecule has 0 aromatic rings. The van der Waals surface area contributed by atoms with Crippen molar-refractivity contribution in [2.75, 3.05) is 6.61 Å². The third-order valence-corrected chi connectivity index (χ3v) is 1.32. The Bertz CT molecular complexity index is 235. The van der Waals surface area contributed by atoms with Crippen LogP contribution in [0.15, 0.2) is 0 Å². The fourth-order valence-corrected chi connectivity index (χ4v) is 0.798. The van der Waals surface area contributed by atoms with Gasteiger partial charge in [0, 0.05) is 0 Å². The van der Waals surface area contributed by atoms with Crippen LogP contribution in [0.3, 0.4) is 0 Å². The first-order valence-electron chi connectivity index (χ1n) is 3.31. The van der Waals surface area contributed by atoms with E-state index in [-0.39, 0.29) is 0 Å². The molecule has 0 spiro atoms. The molecule has 74 valence electrons. The van der Waals surface area contributed by atoms with Crippen LogP contribution in [0.4, 0.5) is 18.0 Å². The van der Waals surface area contributed by atoms with Gasteiger partial charge in [-0.2, -0.15) is 13.2 Å². The molecule has 4 nitrogen and oxygen atoms in total. The number of carbonyl (C=O) groups excluding carboxylic acids is 2. The molecule has 0 aliphatic carbocycles. The largest absolute Gasteiger partial charge is 0.509 e. The predicted octanol–water partition coefficient (Wildman–Crippen LogP) is 1.04. The van der Waals surface area contributed by atoms with Crippen LogP contribution in [-0.4, -0.2) is 30.8 Å². The summed E-state index contributed by atoms with van der Waals surface area (Å²) in [6.45, 7) is -0.437. The Hall–Kier alpha value is -1.27. The van der Waals surface area contributed by atoms with Crippen molar-refractivity contribution in [3.05, 3.63) is 0 Å². The molecule has 0 amide bonds. The topological polar surface area (TPSA) is 52.6 Å². The Kier molecular flexibility index (Phi) is 2.44. The summed E-state index contributed by atoms with van der Waals surface area (Å²) in [6.07, 6.45) is -8.70. The number of alkyl halides is 3. The van der Waals surface area contributed by atoms with Gasteiger partial charge in [0.05, 0.1) is 0 Å². The number of cyclic esters (lactones) is 2. The van der Waals surface area contributed by atoms with Crippen molar-refractivity contribution in [3.8, 4) is 0 Å². The van der Waals surface area contributed by atoms with Gasteiger partial charge in [0.2, 0.25) is 0 Å². The second kappa shape index (κ2) is 3.23. The normalized spacial score (nSPS) is 22.4. The van der Waals surface area contributed by atoms with Gasteiger partial charge in [-0.1, -0.05) is 0 Å². The van der Waals surface area contributed by atoms with Crippen LogP contribution >= 0.6 is 0 Å². The lowest BCUT2D eigenvalue weighted by Gasteiger charge is -2.07. The minimum absolute atomic E-state index is 0.437. The summed E-state index contributed by atoms with van der Waals surface area (Å²) in [4.78, 5) is 21.0. The maximum atomic E-state index is 11.7. The van der Waals surface area contributed by atoms with Gasteiger partial charge in [0.15, 0.2) is 11.9 Å². The molecule has 1 unspecified atom stereocenters. The van der Waals surface area contributed by atoms with Gasteiger partial charge < -0.3 is 9.47 Å². The van der Waals surface area contributed by atoms with E-state index >= 15 is 0 Å². The first kappa shape index (κ1) is 9.82. The molecule has 0 saturated carbocycles. The number of carbonyl (C=O) groups is 2. The Morgan fingerprint density at radius 3 is 2.54 bits per heavy atom. The third kappa shape index (κ3) is 2.92. The number of hydrogen-bond donors (Lipinski definition) is 0. The maximum Gasteiger partial charge on any atom is 0.509 e. The SMILES string of the molecule is O=C1OCC(C(=O)CC(F)(F)F)O1. The molecule has 0 radical (unpaired) electrons. The van der Waals surface area contributed by atoms with E-state index in [2.05, 4.69) is 9.47 Å². The second-order valence-electron chi connectivity index (χ2n) is 2.43. The van der Waals surface area contributed by atoms with E-state index in [4.69, 9.17) is 0 Å². The van der Waals surface area contributed by atoms with Gasteiger partial charge in [-0.3, -0.25) is 4.79 Å². The molecule has 0 aromatic carbocycles. The van der Waals surface area contributed by atoms with Gasteiger partial charge in [-0.15, -0.1) is 0 Å². The van der Waals surface area contributed by atoms with Gasteiger partial charge in [-0.05, 0) is 0 Å². The average Bonchev–Trinajstić information content (AvgIpc) is 2.31. The maximum absolute atomic E-state index is 11.7. The molecule has 1 fully saturated rings. The summed E-state index contributed by atoms with van der Waals surface area (Å²) in [7, 11) is 0. The Labute approximate surface area is 70.6 Å². The highest BCUT2D eigenvalue weighted by Crippen LogP contribution is 2.22. The number of ether oxygens (including phenoxy) is 2. The molecule has 1 atom stereocenters. The zero-order valence-corrected chi connectivity index (χ0v) is 6.26. The summed E-state index contributed by atoms with van der Waals surface area (Å²) >= 11 is 0. The summed E-state index contributed by atoms with van der Waals surface area (Å²) < 4.78 is 43.3. The zero-order chi connectivity index (χ0) is 10.1. The molecule has 13 heavy (non-hydrogen) atoms. The fourth-order valence-electron chi connectivity index (χ4n) is 0.798. The first-order valence-corrected chi connectivity index (χ1v) is 3.31. The third-order valence-electron chi connectivity index (χ3n) is 1.32. The van der Waals surface area contributed by atoms with Crippen LogP contribution in [0, 0.1) is 0 Å². The predicted molar refractivity (Wildman–Crippen MR) is 31.9 cm³/mol. The number of Topliss-reactive ketones (excluding diaryl/α,β-unsaturated/α-hetero) is 1. The van der Waals surface area contributed by atoms with E-state index < -0.39 is 37.2 Å². The Balaban J connectivity index is 2.45. The summed E-state index contributed by atoms with van der Waals surface area (Å²) in [5, 5.41) is 0. The highest BCUT2D eigenvalue weighted by Gasteiger charge is 2.39. The smallest absolute Gasteiger partial charge is 0.430 e. The van der Waals surface area contributed by atoms with Crippen molar-refractivity contribution < 1.29 is 32.2 Å². The number of rotatable bonds is 2. The Morgan fingerprint density at radius 1 is 1.54 bits per heavy atom. The summed E-state index contributed by atoms with van der Waals surface area (Å²) in [6, 6.07) is 0. The van der Waals surface area contributed by atoms with E-state index in [1.54, 1.807) is 0 Å². The molecule has 0 N–H and O–H groups in total. The molecule has 0 aromatic heterocycles.